The van der Waals surface area contributed by atoms with E-state index in [0.717, 1.165) is 16.9 Å². The van der Waals surface area contributed by atoms with Gasteiger partial charge in [-0.1, -0.05) is 30.3 Å². The number of carbonyl (C=O) groups is 1. The van der Waals surface area contributed by atoms with E-state index in [1.54, 1.807) is 0 Å². The molecule has 28 heavy (non-hydrogen) atoms. The Hall–Kier alpha value is -4.00. The lowest BCUT2D eigenvalue weighted by Crippen LogP contribution is -2.17. The Balaban J connectivity index is 1.60. The highest BCUT2D eigenvalue weighted by atomic mass is 16.6. The van der Waals surface area contributed by atoms with Gasteiger partial charge in [-0.2, -0.15) is 5.10 Å². The van der Waals surface area contributed by atoms with E-state index < -0.39 is 10.8 Å². The van der Waals surface area contributed by atoms with Crippen LogP contribution in [0.15, 0.2) is 84.0 Å². The fourth-order valence-corrected chi connectivity index (χ4v) is 2.55. The second kappa shape index (κ2) is 8.59. The van der Waals surface area contributed by atoms with Gasteiger partial charge < -0.3 is 4.90 Å². The number of nitro groups is 1. The molecular weight excluding hydrogens is 356 g/mol. The minimum absolute atomic E-state index is 0.0689. The van der Waals surface area contributed by atoms with Crippen LogP contribution in [-0.4, -0.2) is 24.1 Å². The maximum atomic E-state index is 12.0. The Labute approximate surface area is 162 Å². The van der Waals surface area contributed by atoms with E-state index in [1.807, 2.05) is 61.6 Å². The number of para-hydroxylation sites is 1. The van der Waals surface area contributed by atoms with Gasteiger partial charge in [0.05, 0.1) is 11.1 Å². The molecule has 7 heteroatoms. The average molecular weight is 374 g/mol. The zero-order valence-corrected chi connectivity index (χ0v) is 15.1. The van der Waals surface area contributed by atoms with Crippen molar-refractivity contribution in [1.29, 1.82) is 0 Å². The quantitative estimate of drug-likeness (QED) is 0.399. The SMILES string of the molecule is CN(c1ccccc1)c1ccc(/C=N\NC(=O)c2ccc([N+](=O)[O-])cc2)cc1. The Morgan fingerprint density at radius 1 is 0.964 bits per heavy atom. The van der Waals surface area contributed by atoms with E-state index in [0.29, 0.717) is 5.56 Å². The summed E-state index contributed by atoms with van der Waals surface area (Å²) in [5.41, 5.74) is 5.57. The van der Waals surface area contributed by atoms with Crippen LogP contribution in [-0.2, 0) is 0 Å². The van der Waals surface area contributed by atoms with E-state index in [2.05, 4.69) is 15.4 Å². The van der Waals surface area contributed by atoms with Gasteiger partial charge in [-0.25, -0.2) is 5.43 Å². The highest BCUT2D eigenvalue weighted by Crippen LogP contribution is 2.22. The minimum atomic E-state index is -0.515. The number of rotatable bonds is 6. The molecular formula is C21H18N4O3. The van der Waals surface area contributed by atoms with Gasteiger partial charge in [0.25, 0.3) is 11.6 Å². The fourth-order valence-electron chi connectivity index (χ4n) is 2.55. The highest BCUT2D eigenvalue weighted by Gasteiger charge is 2.08. The number of hydrogen-bond donors (Lipinski definition) is 1. The molecule has 0 unspecified atom stereocenters. The largest absolute Gasteiger partial charge is 0.345 e. The minimum Gasteiger partial charge on any atom is -0.345 e. The topological polar surface area (TPSA) is 87.8 Å². The van der Waals surface area contributed by atoms with Crippen LogP contribution in [0.2, 0.25) is 0 Å². The third-order valence-electron chi connectivity index (χ3n) is 4.14. The second-order valence-electron chi connectivity index (χ2n) is 5.99. The summed E-state index contributed by atoms with van der Waals surface area (Å²) in [6.45, 7) is 0. The molecule has 0 aliphatic rings. The molecule has 0 saturated carbocycles. The third-order valence-corrected chi connectivity index (χ3v) is 4.14. The predicted octanol–water partition coefficient (Wildman–Crippen LogP) is 4.13. The van der Waals surface area contributed by atoms with Crippen LogP contribution in [0, 0.1) is 10.1 Å². The van der Waals surface area contributed by atoms with Crippen molar-refractivity contribution in [1.82, 2.24) is 5.43 Å². The zero-order valence-electron chi connectivity index (χ0n) is 15.1. The van der Waals surface area contributed by atoms with Gasteiger partial charge in [0, 0.05) is 36.1 Å². The first-order valence-corrected chi connectivity index (χ1v) is 8.51. The molecule has 0 bridgehead atoms. The third kappa shape index (κ3) is 4.59. The molecule has 3 rings (SSSR count). The van der Waals surface area contributed by atoms with Gasteiger partial charge >= 0.3 is 0 Å². The summed E-state index contributed by atoms with van der Waals surface area (Å²) in [6.07, 6.45) is 1.54. The van der Waals surface area contributed by atoms with Crippen LogP contribution in [0.4, 0.5) is 17.1 Å². The molecule has 3 aromatic rings. The van der Waals surface area contributed by atoms with E-state index in [1.165, 1.54) is 30.5 Å². The summed E-state index contributed by atoms with van der Waals surface area (Å²) in [6, 6.07) is 23.1. The smallest absolute Gasteiger partial charge is 0.271 e. The maximum absolute atomic E-state index is 12.0. The second-order valence-corrected chi connectivity index (χ2v) is 5.99. The van der Waals surface area contributed by atoms with Gasteiger partial charge in [-0.05, 0) is 42.0 Å². The lowest BCUT2D eigenvalue weighted by Gasteiger charge is -2.19. The number of nitro benzene ring substituents is 1. The molecule has 0 radical (unpaired) electrons. The van der Waals surface area contributed by atoms with Crippen molar-refractivity contribution < 1.29 is 9.72 Å². The van der Waals surface area contributed by atoms with E-state index in [4.69, 9.17) is 0 Å². The maximum Gasteiger partial charge on any atom is 0.271 e. The normalized spacial score (nSPS) is 10.6. The van der Waals surface area contributed by atoms with Gasteiger partial charge in [0.1, 0.15) is 0 Å². The van der Waals surface area contributed by atoms with Crippen molar-refractivity contribution in [3.63, 3.8) is 0 Å². The molecule has 140 valence electrons. The Bertz CT molecular complexity index is 984. The number of nitrogens with zero attached hydrogens (tertiary/aromatic N) is 3. The lowest BCUT2D eigenvalue weighted by molar-refractivity contribution is -0.384. The van der Waals surface area contributed by atoms with Crippen LogP contribution >= 0.6 is 0 Å². The monoisotopic (exact) mass is 374 g/mol. The summed E-state index contributed by atoms with van der Waals surface area (Å²) >= 11 is 0. The van der Waals surface area contributed by atoms with Crippen LogP contribution in [0.5, 0.6) is 0 Å². The zero-order chi connectivity index (χ0) is 19.9. The molecule has 0 fully saturated rings. The van der Waals surface area contributed by atoms with E-state index in [9.17, 15) is 14.9 Å². The summed E-state index contributed by atoms with van der Waals surface area (Å²) in [4.78, 5) is 24.2. The number of nitrogens with one attached hydrogen (secondary N) is 1. The summed E-state index contributed by atoms with van der Waals surface area (Å²) in [5, 5.41) is 14.6. The number of amides is 1. The van der Waals surface area contributed by atoms with Crippen LogP contribution < -0.4 is 10.3 Å². The number of hydrazone groups is 1. The molecule has 1 N–H and O–H groups in total. The molecule has 0 aliphatic heterocycles. The van der Waals surface area contributed by atoms with Gasteiger partial charge in [0.15, 0.2) is 0 Å². The highest BCUT2D eigenvalue weighted by molar-refractivity contribution is 5.95. The fraction of sp³-hybridized carbons (Fsp3) is 0.0476. The van der Waals surface area contributed by atoms with Gasteiger partial charge in [-0.15, -0.1) is 0 Å². The number of carbonyl (C=O) groups excluding carboxylic acids is 1. The summed E-state index contributed by atoms with van der Waals surface area (Å²) in [7, 11) is 1.99. The van der Waals surface area contributed by atoms with Gasteiger partial charge in [-0.3, -0.25) is 14.9 Å². The van der Waals surface area contributed by atoms with Crippen LogP contribution in [0.25, 0.3) is 0 Å². The lowest BCUT2D eigenvalue weighted by atomic mass is 10.2. The van der Waals surface area contributed by atoms with Crippen molar-refractivity contribution in [3.8, 4) is 0 Å². The number of benzene rings is 3. The van der Waals surface area contributed by atoms with Crippen molar-refractivity contribution in [2.45, 2.75) is 0 Å². The van der Waals surface area contributed by atoms with Gasteiger partial charge in [0.2, 0.25) is 0 Å². The average Bonchev–Trinajstić information content (AvgIpc) is 2.74. The Kier molecular flexibility index (Phi) is 5.76. The first kappa shape index (κ1) is 18.8. The summed E-state index contributed by atoms with van der Waals surface area (Å²) in [5.74, 6) is -0.438. The first-order valence-electron chi connectivity index (χ1n) is 8.51. The molecule has 0 aromatic heterocycles. The Morgan fingerprint density at radius 2 is 1.57 bits per heavy atom. The van der Waals surface area contributed by atoms with Crippen LogP contribution in [0.3, 0.4) is 0 Å². The molecule has 7 nitrogen and oxygen atoms in total. The van der Waals surface area contributed by atoms with Crippen molar-refractivity contribution in [2.24, 2.45) is 5.10 Å². The van der Waals surface area contributed by atoms with E-state index in [-0.39, 0.29) is 5.69 Å². The number of anilines is 2. The standard InChI is InChI=1S/C21H18N4O3/c1-24(18-5-3-2-4-6-18)19-11-7-16(8-12-19)15-22-23-21(26)17-9-13-20(14-10-17)25(27)28/h2-15H,1H3,(H,23,26)/b22-15-. The molecule has 0 aliphatic carbocycles. The molecule has 0 heterocycles. The van der Waals surface area contributed by atoms with E-state index >= 15 is 0 Å². The van der Waals surface area contributed by atoms with Crippen molar-refractivity contribution in [3.05, 3.63) is 100 Å². The Morgan fingerprint density at radius 3 is 2.18 bits per heavy atom. The van der Waals surface area contributed by atoms with Crippen LogP contribution in [0.1, 0.15) is 15.9 Å². The summed E-state index contributed by atoms with van der Waals surface area (Å²) < 4.78 is 0. The molecule has 0 spiro atoms. The van der Waals surface area contributed by atoms with Crippen molar-refractivity contribution in [2.75, 3.05) is 11.9 Å². The molecule has 0 atom stereocenters. The molecule has 3 aromatic carbocycles. The first-order chi connectivity index (χ1) is 13.5. The molecule has 1 amide bonds. The predicted molar refractivity (Wildman–Crippen MR) is 109 cm³/mol. The number of non-ortho nitro benzene ring substituents is 1. The number of hydrogen-bond acceptors (Lipinski definition) is 5. The molecule has 0 saturated heterocycles. The van der Waals surface area contributed by atoms with Crippen molar-refractivity contribution >= 4 is 29.2 Å².